The van der Waals surface area contributed by atoms with E-state index in [-0.39, 0.29) is 0 Å². The van der Waals surface area contributed by atoms with Crippen LogP contribution in [0.2, 0.25) is 0 Å². The first-order chi connectivity index (χ1) is 5.20. The van der Waals surface area contributed by atoms with Crippen molar-refractivity contribution in [3.05, 3.63) is 35.9 Å². The van der Waals surface area contributed by atoms with E-state index in [1.165, 1.54) is 0 Å². The van der Waals surface area contributed by atoms with Crippen molar-refractivity contribution in [3.63, 3.8) is 0 Å². The van der Waals surface area contributed by atoms with Gasteiger partial charge in [-0.25, -0.2) is 0 Å². The Morgan fingerprint density at radius 2 is 2.27 bits per heavy atom. The summed E-state index contributed by atoms with van der Waals surface area (Å²) in [4.78, 5) is 0. The van der Waals surface area contributed by atoms with Gasteiger partial charge >= 0.3 is 0 Å². The van der Waals surface area contributed by atoms with E-state index in [4.69, 9.17) is 11.6 Å². The molecule has 0 aromatic rings. The fourth-order valence-electron chi connectivity index (χ4n) is 0.704. The molecule has 0 bridgehead atoms. The molecule has 0 aliphatic heterocycles. The van der Waals surface area contributed by atoms with Crippen LogP contribution in [0.1, 0.15) is 6.42 Å². The third-order valence-electron chi connectivity index (χ3n) is 1.27. The summed E-state index contributed by atoms with van der Waals surface area (Å²) < 4.78 is 0. The zero-order valence-corrected chi connectivity index (χ0v) is 7.62. The number of allylic oxidation sites excluding steroid dienone is 3. The van der Waals surface area contributed by atoms with Gasteiger partial charge in [-0.3, -0.25) is 0 Å². The lowest BCUT2D eigenvalue weighted by molar-refractivity contribution is 0.794. The van der Waals surface area contributed by atoms with Crippen LogP contribution in [0, 0.1) is 0 Å². The molecule has 62 valence electrons. The van der Waals surface area contributed by atoms with Crippen LogP contribution in [-0.2, 0) is 0 Å². The molecule has 0 atom stereocenters. The molecule has 0 aromatic carbocycles. The number of halogens is 1. The third kappa shape index (κ3) is 5.89. The zero-order chi connectivity index (χ0) is 8.69. The highest BCUT2D eigenvalue weighted by Gasteiger charge is 1.90. The van der Waals surface area contributed by atoms with Gasteiger partial charge < -0.3 is 5.32 Å². The Morgan fingerprint density at radius 3 is 2.64 bits per heavy atom. The van der Waals surface area contributed by atoms with Gasteiger partial charge in [0.05, 0.1) is 0 Å². The van der Waals surface area contributed by atoms with Crippen LogP contribution in [0.3, 0.4) is 0 Å². The summed E-state index contributed by atoms with van der Waals surface area (Å²) in [5.41, 5.74) is 1.11. The van der Waals surface area contributed by atoms with E-state index in [9.17, 15) is 0 Å². The molecule has 0 aliphatic rings. The maximum atomic E-state index is 5.59. The Kier molecular flexibility index (Phi) is 5.90. The smallest absolute Gasteiger partial charge is 0.0336 e. The van der Waals surface area contributed by atoms with Gasteiger partial charge in [0, 0.05) is 5.03 Å². The van der Waals surface area contributed by atoms with E-state index in [1.807, 2.05) is 13.1 Å². The molecule has 0 fully saturated rings. The van der Waals surface area contributed by atoms with Gasteiger partial charge in [-0.2, -0.15) is 0 Å². The second-order valence-electron chi connectivity index (χ2n) is 2.22. The molecule has 0 radical (unpaired) electrons. The summed E-state index contributed by atoms with van der Waals surface area (Å²) in [6.07, 6.45) is 4.56. The normalized spacial score (nSPS) is 11.3. The lowest BCUT2D eigenvalue weighted by Gasteiger charge is -1.99. The minimum atomic E-state index is 0.552. The zero-order valence-electron chi connectivity index (χ0n) is 6.86. The second kappa shape index (κ2) is 6.20. The van der Waals surface area contributed by atoms with Crippen molar-refractivity contribution in [1.82, 2.24) is 5.32 Å². The van der Waals surface area contributed by atoms with Gasteiger partial charge in [-0.15, -0.1) is 0 Å². The largest absolute Gasteiger partial charge is 0.319 e. The van der Waals surface area contributed by atoms with Gasteiger partial charge in [0.2, 0.25) is 0 Å². The Morgan fingerprint density at radius 1 is 1.64 bits per heavy atom. The molecule has 0 aromatic heterocycles. The van der Waals surface area contributed by atoms with E-state index < -0.39 is 0 Å². The van der Waals surface area contributed by atoms with Gasteiger partial charge in [0.25, 0.3) is 0 Å². The molecule has 0 saturated carbocycles. The first-order valence-corrected chi connectivity index (χ1v) is 3.90. The lowest BCUT2D eigenvalue weighted by atomic mass is 10.2. The maximum Gasteiger partial charge on any atom is 0.0336 e. The van der Waals surface area contributed by atoms with E-state index in [2.05, 4.69) is 18.5 Å². The van der Waals surface area contributed by atoms with Gasteiger partial charge in [-0.1, -0.05) is 30.8 Å². The van der Waals surface area contributed by atoms with Crippen LogP contribution in [-0.4, -0.2) is 13.6 Å². The molecule has 0 rings (SSSR count). The monoisotopic (exact) mass is 171 g/mol. The molecule has 11 heavy (non-hydrogen) atoms. The van der Waals surface area contributed by atoms with Crippen LogP contribution in [0.15, 0.2) is 35.9 Å². The Balaban J connectivity index is 3.94. The second-order valence-corrected chi connectivity index (χ2v) is 2.71. The number of hydrogen-bond acceptors (Lipinski definition) is 1. The molecule has 0 aliphatic carbocycles. The summed E-state index contributed by atoms with van der Waals surface area (Å²) in [6, 6.07) is 0. The van der Waals surface area contributed by atoms with Crippen LogP contribution in [0.4, 0.5) is 0 Å². The third-order valence-corrected chi connectivity index (χ3v) is 1.38. The fourth-order valence-corrected chi connectivity index (χ4v) is 0.844. The molecule has 2 heteroatoms. The minimum Gasteiger partial charge on any atom is -0.319 e. The molecule has 1 N–H and O–H groups in total. The first-order valence-electron chi connectivity index (χ1n) is 3.52. The van der Waals surface area contributed by atoms with Crippen molar-refractivity contribution in [2.75, 3.05) is 13.6 Å². The summed E-state index contributed by atoms with van der Waals surface area (Å²) in [6.45, 7) is 8.18. The van der Waals surface area contributed by atoms with E-state index in [0.717, 1.165) is 18.5 Å². The van der Waals surface area contributed by atoms with Crippen molar-refractivity contribution in [1.29, 1.82) is 0 Å². The molecular weight excluding hydrogens is 158 g/mol. The van der Waals surface area contributed by atoms with E-state index in [1.54, 1.807) is 6.08 Å². The van der Waals surface area contributed by atoms with Crippen molar-refractivity contribution in [2.24, 2.45) is 0 Å². The SMILES string of the molecule is C=C/C(=C\C(=C)Cl)CCNC. The number of nitrogens with one attached hydrogen (secondary N) is 1. The Bertz CT molecular complexity index is 170. The summed E-state index contributed by atoms with van der Waals surface area (Å²) in [7, 11) is 1.91. The predicted molar refractivity (Wildman–Crippen MR) is 51.8 cm³/mol. The quantitative estimate of drug-likeness (QED) is 0.627. The van der Waals surface area contributed by atoms with Gasteiger partial charge in [0.1, 0.15) is 0 Å². The van der Waals surface area contributed by atoms with Crippen LogP contribution in [0.25, 0.3) is 0 Å². The highest BCUT2D eigenvalue weighted by atomic mass is 35.5. The topological polar surface area (TPSA) is 12.0 Å². The summed E-state index contributed by atoms with van der Waals surface area (Å²) >= 11 is 5.59. The Hall–Kier alpha value is -0.530. The van der Waals surface area contributed by atoms with Crippen LogP contribution in [0.5, 0.6) is 0 Å². The molecule has 0 heterocycles. The van der Waals surface area contributed by atoms with Crippen molar-refractivity contribution < 1.29 is 0 Å². The predicted octanol–water partition coefficient (Wildman–Crippen LogP) is 2.46. The van der Waals surface area contributed by atoms with Crippen molar-refractivity contribution in [3.8, 4) is 0 Å². The van der Waals surface area contributed by atoms with Gasteiger partial charge in [-0.05, 0) is 31.7 Å². The number of hydrogen-bond donors (Lipinski definition) is 1. The lowest BCUT2D eigenvalue weighted by Crippen LogP contribution is -2.07. The van der Waals surface area contributed by atoms with E-state index >= 15 is 0 Å². The summed E-state index contributed by atoms with van der Waals surface area (Å²) in [5.74, 6) is 0. The molecule has 1 nitrogen and oxygen atoms in total. The van der Waals surface area contributed by atoms with Crippen molar-refractivity contribution in [2.45, 2.75) is 6.42 Å². The summed E-state index contributed by atoms with van der Waals surface area (Å²) in [5, 5.41) is 3.60. The molecule has 0 saturated heterocycles. The minimum absolute atomic E-state index is 0.552. The number of rotatable bonds is 5. The van der Waals surface area contributed by atoms with Crippen LogP contribution < -0.4 is 5.32 Å². The maximum absolute atomic E-state index is 5.59. The standard InChI is InChI=1S/C9H14ClN/c1-4-9(5-6-11-3)7-8(2)10/h4,7,11H,1-2,5-6H2,3H3/b9-7+. The highest BCUT2D eigenvalue weighted by Crippen LogP contribution is 2.08. The average molecular weight is 172 g/mol. The fraction of sp³-hybridized carbons (Fsp3) is 0.333. The highest BCUT2D eigenvalue weighted by molar-refractivity contribution is 6.30. The average Bonchev–Trinajstić information content (AvgIpc) is 1.97. The molecular formula is C9H14ClN. The van der Waals surface area contributed by atoms with Crippen molar-refractivity contribution >= 4 is 11.6 Å². The van der Waals surface area contributed by atoms with Gasteiger partial charge in [0.15, 0.2) is 0 Å². The van der Waals surface area contributed by atoms with E-state index in [0.29, 0.717) is 5.03 Å². The van der Waals surface area contributed by atoms with Crippen LogP contribution >= 0.6 is 11.6 Å². The molecule has 0 unspecified atom stereocenters. The first kappa shape index (κ1) is 10.5. The molecule has 0 spiro atoms. The Labute approximate surface area is 73.4 Å². The molecule has 0 amide bonds.